The number of furan rings is 1. The summed E-state index contributed by atoms with van der Waals surface area (Å²) in [6.45, 7) is 1.82. The van der Waals surface area contributed by atoms with Gasteiger partial charge in [0, 0.05) is 5.56 Å². The molecule has 1 aromatic carbocycles. The van der Waals surface area contributed by atoms with Crippen molar-refractivity contribution >= 4 is 0 Å². The molecule has 0 saturated heterocycles. The van der Waals surface area contributed by atoms with Crippen molar-refractivity contribution in [3.05, 3.63) is 47.7 Å². The Morgan fingerprint density at radius 1 is 1.18 bits per heavy atom. The number of halogens is 2. The zero-order valence-electron chi connectivity index (χ0n) is 9.28. The largest absolute Gasteiger partial charge is 0.458 e. The highest BCUT2D eigenvalue weighted by Gasteiger charge is 2.12. The van der Waals surface area contributed by atoms with Crippen molar-refractivity contribution in [3.8, 4) is 11.3 Å². The molecule has 0 aliphatic heterocycles. The maximum absolute atomic E-state index is 13.0. The van der Waals surface area contributed by atoms with Crippen LogP contribution in [0.5, 0.6) is 0 Å². The Balaban J connectivity index is 2.33. The first-order valence-electron chi connectivity index (χ1n) is 5.35. The van der Waals surface area contributed by atoms with E-state index in [0.717, 1.165) is 12.1 Å². The fraction of sp³-hybridized carbons (Fsp3) is 0.231. The van der Waals surface area contributed by atoms with E-state index in [4.69, 9.17) is 4.42 Å². The summed E-state index contributed by atoms with van der Waals surface area (Å²) in [5.74, 6) is -0.982. The minimum atomic E-state index is -0.920. The minimum Gasteiger partial charge on any atom is -0.458 e. The topological polar surface area (TPSA) is 33.4 Å². The van der Waals surface area contributed by atoms with Crippen molar-refractivity contribution in [2.45, 2.75) is 19.4 Å². The summed E-state index contributed by atoms with van der Waals surface area (Å²) >= 11 is 0. The lowest BCUT2D eigenvalue weighted by Gasteiger charge is -2.03. The van der Waals surface area contributed by atoms with Crippen molar-refractivity contribution in [3.63, 3.8) is 0 Å². The van der Waals surface area contributed by atoms with E-state index in [1.54, 1.807) is 12.1 Å². The first-order chi connectivity index (χ1) is 8.11. The standard InChI is InChI=1S/C13H12F2O2/c1-2-11(16)13-6-5-12(17-13)8-3-4-9(14)10(15)7-8/h3-7,11,16H,2H2,1H3. The Labute approximate surface area is 97.5 Å². The van der Waals surface area contributed by atoms with Gasteiger partial charge in [0.25, 0.3) is 0 Å². The molecule has 17 heavy (non-hydrogen) atoms. The summed E-state index contributed by atoms with van der Waals surface area (Å²) in [6, 6.07) is 6.80. The number of benzene rings is 1. The van der Waals surface area contributed by atoms with Gasteiger partial charge in [-0.15, -0.1) is 0 Å². The van der Waals surface area contributed by atoms with Gasteiger partial charge in [0.1, 0.15) is 17.6 Å². The van der Waals surface area contributed by atoms with Gasteiger partial charge in [-0.1, -0.05) is 6.92 Å². The van der Waals surface area contributed by atoms with E-state index in [2.05, 4.69) is 0 Å². The predicted molar refractivity (Wildman–Crippen MR) is 59.3 cm³/mol. The third kappa shape index (κ3) is 2.36. The van der Waals surface area contributed by atoms with E-state index in [-0.39, 0.29) is 0 Å². The van der Waals surface area contributed by atoms with Gasteiger partial charge in [-0.05, 0) is 36.8 Å². The average Bonchev–Trinajstić information content (AvgIpc) is 2.81. The Hall–Kier alpha value is -1.68. The maximum atomic E-state index is 13.0. The fourth-order valence-corrected chi connectivity index (χ4v) is 1.54. The highest BCUT2D eigenvalue weighted by molar-refractivity contribution is 5.57. The van der Waals surface area contributed by atoms with Crippen LogP contribution in [0.3, 0.4) is 0 Å². The van der Waals surface area contributed by atoms with Crippen LogP contribution in [0.4, 0.5) is 8.78 Å². The maximum Gasteiger partial charge on any atom is 0.159 e. The molecule has 1 heterocycles. The molecule has 1 unspecified atom stereocenters. The van der Waals surface area contributed by atoms with Crippen LogP contribution in [0.25, 0.3) is 11.3 Å². The third-order valence-corrected chi connectivity index (χ3v) is 2.55. The van der Waals surface area contributed by atoms with Crippen LogP contribution in [-0.2, 0) is 0 Å². The van der Waals surface area contributed by atoms with Crippen LogP contribution < -0.4 is 0 Å². The molecule has 4 heteroatoms. The quantitative estimate of drug-likeness (QED) is 0.885. The lowest BCUT2D eigenvalue weighted by Crippen LogP contribution is -1.91. The van der Waals surface area contributed by atoms with Crippen molar-refractivity contribution in [2.75, 3.05) is 0 Å². The monoisotopic (exact) mass is 238 g/mol. The van der Waals surface area contributed by atoms with Crippen LogP contribution >= 0.6 is 0 Å². The number of aliphatic hydroxyl groups excluding tert-OH is 1. The molecule has 2 nitrogen and oxygen atoms in total. The highest BCUT2D eigenvalue weighted by atomic mass is 19.2. The van der Waals surface area contributed by atoms with Crippen molar-refractivity contribution in [2.24, 2.45) is 0 Å². The average molecular weight is 238 g/mol. The van der Waals surface area contributed by atoms with Crippen LogP contribution in [0.2, 0.25) is 0 Å². The van der Waals surface area contributed by atoms with Gasteiger partial charge in [-0.25, -0.2) is 8.78 Å². The Morgan fingerprint density at radius 2 is 1.94 bits per heavy atom. The first-order valence-corrected chi connectivity index (χ1v) is 5.35. The second-order valence-electron chi connectivity index (χ2n) is 3.75. The molecule has 2 rings (SSSR count). The van der Waals surface area contributed by atoms with E-state index in [9.17, 15) is 13.9 Å². The number of aliphatic hydroxyl groups is 1. The van der Waals surface area contributed by atoms with Crippen LogP contribution in [0.15, 0.2) is 34.7 Å². The third-order valence-electron chi connectivity index (χ3n) is 2.55. The van der Waals surface area contributed by atoms with E-state index >= 15 is 0 Å². The van der Waals surface area contributed by atoms with E-state index < -0.39 is 17.7 Å². The summed E-state index contributed by atoms with van der Waals surface area (Å²) in [7, 11) is 0. The molecule has 0 spiro atoms. The zero-order chi connectivity index (χ0) is 12.4. The summed E-state index contributed by atoms with van der Waals surface area (Å²) in [5.41, 5.74) is 0.443. The lowest BCUT2D eigenvalue weighted by atomic mass is 10.1. The zero-order valence-corrected chi connectivity index (χ0v) is 9.28. The Morgan fingerprint density at radius 3 is 2.59 bits per heavy atom. The summed E-state index contributed by atoms with van der Waals surface area (Å²) in [6.07, 6.45) is -0.140. The summed E-state index contributed by atoms with van der Waals surface area (Å²) in [4.78, 5) is 0. The van der Waals surface area contributed by atoms with E-state index in [0.29, 0.717) is 23.5 Å². The lowest BCUT2D eigenvalue weighted by molar-refractivity contribution is 0.147. The molecular weight excluding hydrogens is 226 g/mol. The number of rotatable bonds is 3. The summed E-state index contributed by atoms with van der Waals surface area (Å²) in [5, 5.41) is 9.56. The highest BCUT2D eigenvalue weighted by Crippen LogP contribution is 2.27. The normalized spacial score (nSPS) is 12.7. The molecule has 0 saturated carbocycles. The smallest absolute Gasteiger partial charge is 0.159 e. The number of hydrogen-bond acceptors (Lipinski definition) is 2. The first kappa shape index (κ1) is 11.8. The molecular formula is C13H12F2O2. The van der Waals surface area contributed by atoms with Gasteiger partial charge in [0.15, 0.2) is 11.6 Å². The molecule has 0 aliphatic carbocycles. The van der Waals surface area contributed by atoms with Crippen molar-refractivity contribution in [1.29, 1.82) is 0 Å². The molecule has 0 bridgehead atoms. The fourth-order valence-electron chi connectivity index (χ4n) is 1.54. The SMILES string of the molecule is CCC(O)c1ccc(-c2ccc(F)c(F)c2)o1. The number of hydrogen-bond donors (Lipinski definition) is 1. The van der Waals surface area contributed by atoms with Gasteiger partial charge in [0.2, 0.25) is 0 Å². The Kier molecular flexibility index (Phi) is 3.24. The van der Waals surface area contributed by atoms with Crippen LogP contribution in [0.1, 0.15) is 25.2 Å². The van der Waals surface area contributed by atoms with E-state index in [1.807, 2.05) is 6.92 Å². The van der Waals surface area contributed by atoms with Crippen LogP contribution in [-0.4, -0.2) is 5.11 Å². The van der Waals surface area contributed by atoms with E-state index in [1.165, 1.54) is 6.07 Å². The molecule has 0 amide bonds. The molecule has 1 N–H and O–H groups in total. The predicted octanol–water partition coefficient (Wildman–Crippen LogP) is 3.67. The van der Waals surface area contributed by atoms with Crippen molar-refractivity contribution in [1.82, 2.24) is 0 Å². The summed E-state index contributed by atoms with van der Waals surface area (Å²) < 4.78 is 31.2. The van der Waals surface area contributed by atoms with Gasteiger partial charge in [-0.3, -0.25) is 0 Å². The minimum absolute atomic E-state index is 0.409. The van der Waals surface area contributed by atoms with Gasteiger partial charge in [0.05, 0.1) is 0 Å². The van der Waals surface area contributed by atoms with Crippen LogP contribution in [0, 0.1) is 11.6 Å². The second kappa shape index (κ2) is 4.67. The molecule has 1 atom stereocenters. The molecule has 1 aromatic heterocycles. The van der Waals surface area contributed by atoms with Crippen molar-refractivity contribution < 1.29 is 18.3 Å². The van der Waals surface area contributed by atoms with Gasteiger partial charge in [-0.2, -0.15) is 0 Å². The second-order valence-corrected chi connectivity index (χ2v) is 3.75. The molecule has 0 fully saturated rings. The molecule has 90 valence electrons. The van der Waals surface area contributed by atoms with Gasteiger partial charge >= 0.3 is 0 Å². The van der Waals surface area contributed by atoms with Gasteiger partial charge < -0.3 is 9.52 Å². The molecule has 2 aromatic rings. The Bertz CT molecular complexity index is 520. The molecule has 0 radical (unpaired) electrons. The molecule has 0 aliphatic rings.